The van der Waals surface area contributed by atoms with E-state index >= 15 is 0 Å². The summed E-state index contributed by atoms with van der Waals surface area (Å²) in [5, 5.41) is 9.06. The van der Waals surface area contributed by atoms with Crippen molar-refractivity contribution in [3.05, 3.63) is 94.8 Å². The maximum absolute atomic E-state index is 14.6. The fourth-order valence-electron chi connectivity index (χ4n) is 3.70. The van der Waals surface area contributed by atoms with E-state index in [-0.39, 0.29) is 25.3 Å². The van der Waals surface area contributed by atoms with Crippen molar-refractivity contribution < 1.29 is 37.0 Å². The standard InChI is InChI=1S/C26H23F4NO4/c1-2-31(25(34)35-16-17-8-4-3-5-9-17)15-18-10-6-7-11-21(18)19-12-20(14-23(32)33)24(22(27)13-19)26(28,29)30/h3-13H,2,14-16H2,1H3,(H,32,33). The molecule has 0 aliphatic carbocycles. The normalized spacial score (nSPS) is 11.2. The highest BCUT2D eigenvalue weighted by atomic mass is 19.4. The van der Waals surface area contributed by atoms with Gasteiger partial charge in [-0.25, -0.2) is 9.18 Å². The van der Waals surface area contributed by atoms with E-state index in [1.165, 1.54) is 4.90 Å². The van der Waals surface area contributed by atoms with Crippen molar-refractivity contribution in [1.29, 1.82) is 0 Å². The van der Waals surface area contributed by atoms with E-state index in [2.05, 4.69) is 0 Å². The van der Waals surface area contributed by atoms with E-state index in [0.717, 1.165) is 17.7 Å². The summed E-state index contributed by atoms with van der Waals surface area (Å²) in [6, 6.07) is 17.4. The minimum Gasteiger partial charge on any atom is -0.481 e. The van der Waals surface area contributed by atoms with Crippen LogP contribution in [0.5, 0.6) is 0 Å². The molecule has 0 spiro atoms. The van der Waals surface area contributed by atoms with Crippen molar-refractivity contribution in [2.45, 2.75) is 32.7 Å². The van der Waals surface area contributed by atoms with E-state index < -0.39 is 41.6 Å². The van der Waals surface area contributed by atoms with Gasteiger partial charge in [-0.15, -0.1) is 0 Å². The first-order chi connectivity index (χ1) is 16.6. The molecular formula is C26H23F4NO4. The zero-order chi connectivity index (χ0) is 25.6. The summed E-state index contributed by atoms with van der Waals surface area (Å²) in [7, 11) is 0. The van der Waals surface area contributed by atoms with Crippen molar-refractivity contribution in [1.82, 2.24) is 4.90 Å². The highest BCUT2D eigenvalue weighted by Gasteiger charge is 2.37. The van der Waals surface area contributed by atoms with Crippen LogP contribution in [0.15, 0.2) is 66.7 Å². The van der Waals surface area contributed by atoms with Crippen LogP contribution in [0.1, 0.15) is 29.2 Å². The number of carboxylic acid groups (broad SMARTS) is 1. The molecule has 0 saturated carbocycles. The van der Waals surface area contributed by atoms with Crippen LogP contribution < -0.4 is 0 Å². The number of aliphatic carboxylic acids is 1. The van der Waals surface area contributed by atoms with Gasteiger partial charge in [0.05, 0.1) is 12.0 Å². The van der Waals surface area contributed by atoms with Crippen LogP contribution in [0.4, 0.5) is 22.4 Å². The third-order valence-electron chi connectivity index (χ3n) is 5.33. The van der Waals surface area contributed by atoms with Gasteiger partial charge in [-0.2, -0.15) is 13.2 Å². The van der Waals surface area contributed by atoms with E-state index in [1.54, 1.807) is 31.2 Å². The molecular weight excluding hydrogens is 466 g/mol. The Morgan fingerprint density at radius 3 is 2.26 bits per heavy atom. The molecule has 0 atom stereocenters. The molecule has 1 amide bonds. The van der Waals surface area contributed by atoms with Gasteiger partial charge in [-0.3, -0.25) is 4.79 Å². The van der Waals surface area contributed by atoms with Gasteiger partial charge in [0.1, 0.15) is 12.4 Å². The predicted molar refractivity (Wildman–Crippen MR) is 121 cm³/mol. The number of halogens is 4. The lowest BCUT2D eigenvalue weighted by atomic mass is 9.93. The van der Waals surface area contributed by atoms with Crippen LogP contribution in [0.2, 0.25) is 0 Å². The van der Waals surface area contributed by atoms with Gasteiger partial charge < -0.3 is 14.7 Å². The zero-order valence-electron chi connectivity index (χ0n) is 18.8. The summed E-state index contributed by atoms with van der Waals surface area (Å²) >= 11 is 0. The van der Waals surface area contributed by atoms with Gasteiger partial charge in [0, 0.05) is 13.1 Å². The molecule has 3 aromatic carbocycles. The molecule has 0 saturated heterocycles. The largest absolute Gasteiger partial charge is 0.481 e. The maximum atomic E-state index is 14.6. The van der Waals surface area contributed by atoms with E-state index in [4.69, 9.17) is 9.84 Å². The molecule has 0 bridgehead atoms. The molecule has 0 aliphatic heterocycles. The second kappa shape index (κ2) is 11.0. The molecule has 0 unspecified atom stereocenters. The topological polar surface area (TPSA) is 66.8 Å². The summed E-state index contributed by atoms with van der Waals surface area (Å²) in [6.45, 7) is 2.15. The van der Waals surface area contributed by atoms with Crippen molar-refractivity contribution in [3.63, 3.8) is 0 Å². The van der Waals surface area contributed by atoms with Gasteiger partial charge in [0.2, 0.25) is 0 Å². The van der Waals surface area contributed by atoms with E-state index in [9.17, 15) is 27.2 Å². The molecule has 9 heteroatoms. The fraction of sp³-hybridized carbons (Fsp3) is 0.231. The molecule has 35 heavy (non-hydrogen) atoms. The molecule has 3 rings (SSSR count). The molecule has 3 aromatic rings. The number of hydrogen-bond donors (Lipinski definition) is 1. The Morgan fingerprint density at radius 1 is 0.971 bits per heavy atom. The summed E-state index contributed by atoms with van der Waals surface area (Å²) in [5.41, 5.74) is -0.475. The number of carbonyl (C=O) groups excluding carboxylic acids is 1. The summed E-state index contributed by atoms with van der Waals surface area (Å²) in [6.07, 6.45) is -6.63. The van der Waals surface area contributed by atoms with Gasteiger partial charge >= 0.3 is 18.2 Å². The predicted octanol–water partition coefficient (Wildman–Crippen LogP) is 6.30. The zero-order valence-corrected chi connectivity index (χ0v) is 18.8. The van der Waals surface area contributed by atoms with E-state index in [0.29, 0.717) is 11.1 Å². The molecule has 0 aromatic heterocycles. The average molecular weight is 489 g/mol. The minimum absolute atomic E-state index is 0.0528. The molecule has 0 radical (unpaired) electrons. The number of benzene rings is 3. The quantitative estimate of drug-likeness (QED) is 0.377. The number of hydrogen-bond acceptors (Lipinski definition) is 3. The first kappa shape index (κ1) is 25.7. The molecule has 0 fully saturated rings. The highest BCUT2D eigenvalue weighted by Crippen LogP contribution is 2.37. The number of nitrogens with zero attached hydrogens (tertiary/aromatic N) is 1. The van der Waals surface area contributed by atoms with Gasteiger partial charge in [-0.1, -0.05) is 54.6 Å². The lowest BCUT2D eigenvalue weighted by molar-refractivity contribution is -0.141. The smallest absolute Gasteiger partial charge is 0.419 e. The average Bonchev–Trinajstić information content (AvgIpc) is 2.80. The monoisotopic (exact) mass is 489 g/mol. The van der Waals surface area contributed by atoms with Gasteiger partial charge in [0.15, 0.2) is 0 Å². The number of carbonyl (C=O) groups is 2. The highest BCUT2D eigenvalue weighted by molar-refractivity contribution is 5.75. The second-order valence-electron chi connectivity index (χ2n) is 7.77. The molecule has 1 N–H and O–H groups in total. The van der Waals surface area contributed by atoms with Gasteiger partial charge in [-0.05, 0) is 46.9 Å². The SMILES string of the molecule is CCN(Cc1ccccc1-c1cc(F)c(C(F)(F)F)c(CC(=O)O)c1)C(=O)OCc1ccccc1. The summed E-state index contributed by atoms with van der Waals surface area (Å²) in [4.78, 5) is 25.2. The van der Waals surface area contributed by atoms with Crippen LogP contribution in [0, 0.1) is 5.82 Å². The lowest BCUT2D eigenvalue weighted by Crippen LogP contribution is -2.31. The first-order valence-corrected chi connectivity index (χ1v) is 10.8. The Morgan fingerprint density at radius 2 is 1.63 bits per heavy atom. The van der Waals surface area contributed by atoms with Crippen molar-refractivity contribution in [2.75, 3.05) is 6.54 Å². The second-order valence-corrected chi connectivity index (χ2v) is 7.77. The minimum atomic E-state index is -5.05. The van der Waals surface area contributed by atoms with Gasteiger partial charge in [0.25, 0.3) is 0 Å². The first-order valence-electron chi connectivity index (χ1n) is 10.8. The van der Waals surface area contributed by atoms with Crippen LogP contribution in [0.3, 0.4) is 0 Å². The Bertz CT molecular complexity index is 1200. The van der Waals surface area contributed by atoms with Crippen LogP contribution in [0.25, 0.3) is 11.1 Å². The lowest BCUT2D eigenvalue weighted by Gasteiger charge is -2.22. The number of amides is 1. The van der Waals surface area contributed by atoms with Crippen LogP contribution in [-0.2, 0) is 35.3 Å². The van der Waals surface area contributed by atoms with E-state index in [1.807, 2.05) is 30.3 Å². The number of alkyl halides is 3. The van der Waals surface area contributed by atoms with Crippen molar-refractivity contribution >= 4 is 12.1 Å². The Kier molecular flexibility index (Phi) is 8.11. The third-order valence-corrected chi connectivity index (χ3v) is 5.33. The maximum Gasteiger partial charge on any atom is 0.419 e. The Hall–Kier alpha value is -3.88. The van der Waals surface area contributed by atoms with Crippen LogP contribution >= 0.6 is 0 Å². The van der Waals surface area contributed by atoms with Crippen molar-refractivity contribution in [2.24, 2.45) is 0 Å². The van der Waals surface area contributed by atoms with Crippen molar-refractivity contribution in [3.8, 4) is 11.1 Å². The summed E-state index contributed by atoms with van der Waals surface area (Å²) in [5.74, 6) is -3.07. The van der Waals surface area contributed by atoms with Crippen LogP contribution in [-0.4, -0.2) is 28.6 Å². The molecule has 0 heterocycles. The Balaban J connectivity index is 1.91. The Labute approximate surface area is 199 Å². The fourth-order valence-corrected chi connectivity index (χ4v) is 3.70. The molecule has 184 valence electrons. The molecule has 5 nitrogen and oxygen atoms in total. The number of ether oxygens (including phenoxy) is 1. The summed E-state index contributed by atoms with van der Waals surface area (Å²) < 4.78 is 60.1. The molecule has 0 aliphatic rings. The number of carboxylic acids is 1. The number of rotatable bonds is 8. The third kappa shape index (κ3) is 6.59.